The molecule has 0 saturated heterocycles. The number of amides is 2. The van der Waals surface area contributed by atoms with Crippen LogP contribution in [0.1, 0.15) is 35.9 Å². The van der Waals surface area contributed by atoms with Gasteiger partial charge in [0.15, 0.2) is 0 Å². The number of aromatic nitrogens is 2. The molecule has 6 heteroatoms. The second-order valence-electron chi connectivity index (χ2n) is 5.69. The van der Waals surface area contributed by atoms with E-state index in [1.807, 2.05) is 16.5 Å². The Morgan fingerprint density at radius 2 is 2.36 bits per heavy atom. The maximum absolute atomic E-state index is 12.5. The number of hydrogen-bond acceptors (Lipinski definition) is 3. The highest BCUT2D eigenvalue weighted by Gasteiger charge is 2.22. The van der Waals surface area contributed by atoms with Crippen LogP contribution in [0.5, 0.6) is 0 Å². The number of thiophene rings is 1. The van der Waals surface area contributed by atoms with Crippen molar-refractivity contribution in [3.05, 3.63) is 33.8 Å². The lowest BCUT2D eigenvalue weighted by atomic mass is 10.1. The van der Waals surface area contributed by atoms with Crippen LogP contribution in [0.25, 0.3) is 0 Å². The summed E-state index contributed by atoms with van der Waals surface area (Å²) in [6.45, 7) is 6.55. The standard InChI is InChI=1S/C16H22N4OS/c1-3-4-7-20-12(2)14(10-17-20)18-16(21)19-8-5-15-13(11-19)6-9-22-15/h6,9-10H,3-5,7-8,11H2,1-2H3,(H,18,21). The average molecular weight is 318 g/mol. The zero-order chi connectivity index (χ0) is 15.5. The Kier molecular flexibility index (Phi) is 4.47. The predicted molar refractivity (Wildman–Crippen MR) is 89.3 cm³/mol. The Hall–Kier alpha value is -1.82. The minimum Gasteiger partial charge on any atom is -0.320 e. The molecule has 5 nitrogen and oxygen atoms in total. The Morgan fingerprint density at radius 3 is 3.18 bits per heavy atom. The molecular formula is C16H22N4OS. The molecule has 2 amide bonds. The third-order valence-electron chi connectivity index (χ3n) is 4.16. The topological polar surface area (TPSA) is 50.2 Å². The zero-order valence-electron chi connectivity index (χ0n) is 13.1. The van der Waals surface area contributed by atoms with E-state index < -0.39 is 0 Å². The van der Waals surface area contributed by atoms with Crippen molar-refractivity contribution in [1.82, 2.24) is 14.7 Å². The normalized spacial score (nSPS) is 14.0. The van der Waals surface area contributed by atoms with Gasteiger partial charge in [-0.25, -0.2) is 4.79 Å². The van der Waals surface area contributed by atoms with Crippen LogP contribution in [-0.2, 0) is 19.5 Å². The van der Waals surface area contributed by atoms with Crippen molar-refractivity contribution in [3.8, 4) is 0 Å². The first-order valence-corrected chi connectivity index (χ1v) is 8.70. The van der Waals surface area contributed by atoms with E-state index >= 15 is 0 Å². The van der Waals surface area contributed by atoms with Gasteiger partial charge in [-0.05, 0) is 36.8 Å². The Balaban J connectivity index is 1.64. The summed E-state index contributed by atoms with van der Waals surface area (Å²) in [5.74, 6) is 0. The van der Waals surface area contributed by atoms with Gasteiger partial charge >= 0.3 is 6.03 Å². The Morgan fingerprint density at radius 1 is 1.50 bits per heavy atom. The Labute approximate surface area is 134 Å². The maximum atomic E-state index is 12.5. The summed E-state index contributed by atoms with van der Waals surface area (Å²) >= 11 is 1.78. The second kappa shape index (κ2) is 6.52. The summed E-state index contributed by atoms with van der Waals surface area (Å²) in [5.41, 5.74) is 3.12. The van der Waals surface area contributed by atoms with Gasteiger partial charge in [0.1, 0.15) is 0 Å². The SMILES string of the molecule is CCCCn1ncc(NC(=O)N2CCc3sccc3C2)c1C. The third kappa shape index (κ3) is 3.02. The molecule has 0 saturated carbocycles. The molecule has 0 unspecified atom stereocenters. The quantitative estimate of drug-likeness (QED) is 0.935. The van der Waals surface area contributed by atoms with Crippen LogP contribution >= 0.6 is 11.3 Å². The monoisotopic (exact) mass is 318 g/mol. The molecule has 0 aliphatic carbocycles. The van der Waals surface area contributed by atoms with E-state index in [1.54, 1.807) is 17.5 Å². The molecular weight excluding hydrogens is 296 g/mol. The molecule has 0 bridgehead atoms. The van der Waals surface area contributed by atoms with E-state index in [0.717, 1.165) is 43.7 Å². The molecule has 1 N–H and O–H groups in total. The van der Waals surface area contributed by atoms with E-state index in [-0.39, 0.29) is 6.03 Å². The van der Waals surface area contributed by atoms with Crippen LogP contribution in [0.15, 0.2) is 17.6 Å². The van der Waals surface area contributed by atoms with Gasteiger partial charge in [-0.1, -0.05) is 13.3 Å². The van der Waals surface area contributed by atoms with Crippen LogP contribution in [0, 0.1) is 6.92 Å². The van der Waals surface area contributed by atoms with Gasteiger partial charge in [0.25, 0.3) is 0 Å². The first kappa shape index (κ1) is 15.1. The summed E-state index contributed by atoms with van der Waals surface area (Å²) in [7, 11) is 0. The van der Waals surface area contributed by atoms with E-state index in [9.17, 15) is 4.79 Å². The lowest BCUT2D eigenvalue weighted by molar-refractivity contribution is 0.207. The lowest BCUT2D eigenvalue weighted by Crippen LogP contribution is -2.38. The number of fused-ring (bicyclic) bond motifs is 1. The van der Waals surface area contributed by atoms with Crippen LogP contribution in [-0.4, -0.2) is 27.3 Å². The number of carbonyl (C=O) groups is 1. The minimum atomic E-state index is -0.0324. The van der Waals surface area contributed by atoms with E-state index in [2.05, 4.69) is 28.8 Å². The molecule has 0 radical (unpaired) electrons. The van der Waals surface area contributed by atoms with Crippen LogP contribution < -0.4 is 5.32 Å². The lowest BCUT2D eigenvalue weighted by Gasteiger charge is -2.27. The van der Waals surface area contributed by atoms with Crippen LogP contribution in [0.2, 0.25) is 0 Å². The first-order chi connectivity index (χ1) is 10.7. The number of carbonyl (C=O) groups excluding carboxylic acids is 1. The predicted octanol–water partition coefficient (Wildman–Crippen LogP) is 3.64. The van der Waals surface area contributed by atoms with Crippen molar-refractivity contribution >= 4 is 23.1 Å². The molecule has 3 heterocycles. The number of urea groups is 1. The molecule has 2 aromatic rings. The Bertz CT molecular complexity index is 661. The highest BCUT2D eigenvalue weighted by Crippen LogP contribution is 2.24. The maximum Gasteiger partial charge on any atom is 0.322 e. The highest BCUT2D eigenvalue weighted by atomic mass is 32.1. The number of nitrogens with one attached hydrogen (secondary N) is 1. The van der Waals surface area contributed by atoms with Gasteiger partial charge in [-0.15, -0.1) is 11.3 Å². The van der Waals surface area contributed by atoms with Gasteiger partial charge in [-0.3, -0.25) is 4.68 Å². The van der Waals surface area contributed by atoms with E-state index in [0.29, 0.717) is 6.54 Å². The molecule has 22 heavy (non-hydrogen) atoms. The van der Waals surface area contributed by atoms with Crippen molar-refractivity contribution in [2.24, 2.45) is 0 Å². The fraction of sp³-hybridized carbons (Fsp3) is 0.500. The molecule has 1 aliphatic heterocycles. The van der Waals surface area contributed by atoms with Gasteiger partial charge in [0.2, 0.25) is 0 Å². The molecule has 0 atom stereocenters. The fourth-order valence-electron chi connectivity index (χ4n) is 2.72. The second-order valence-corrected chi connectivity index (χ2v) is 6.69. The molecule has 2 aromatic heterocycles. The van der Waals surface area contributed by atoms with Crippen molar-refractivity contribution in [1.29, 1.82) is 0 Å². The van der Waals surface area contributed by atoms with E-state index in [4.69, 9.17) is 0 Å². The van der Waals surface area contributed by atoms with Crippen molar-refractivity contribution < 1.29 is 4.79 Å². The highest BCUT2D eigenvalue weighted by molar-refractivity contribution is 7.10. The summed E-state index contributed by atoms with van der Waals surface area (Å²) in [4.78, 5) is 15.7. The first-order valence-electron chi connectivity index (χ1n) is 7.82. The van der Waals surface area contributed by atoms with Crippen molar-refractivity contribution in [2.75, 3.05) is 11.9 Å². The molecule has 0 fully saturated rings. The summed E-state index contributed by atoms with van der Waals surface area (Å²) in [6, 6.07) is 2.09. The van der Waals surface area contributed by atoms with E-state index in [1.165, 1.54) is 10.4 Å². The molecule has 3 rings (SSSR count). The van der Waals surface area contributed by atoms with Crippen molar-refractivity contribution in [3.63, 3.8) is 0 Å². The summed E-state index contributed by atoms with van der Waals surface area (Å²) < 4.78 is 1.96. The fourth-order valence-corrected chi connectivity index (χ4v) is 3.61. The largest absolute Gasteiger partial charge is 0.322 e. The van der Waals surface area contributed by atoms with Crippen LogP contribution in [0.4, 0.5) is 10.5 Å². The molecule has 118 valence electrons. The third-order valence-corrected chi connectivity index (χ3v) is 5.19. The zero-order valence-corrected chi connectivity index (χ0v) is 13.9. The van der Waals surface area contributed by atoms with Crippen molar-refractivity contribution in [2.45, 2.75) is 46.2 Å². The summed E-state index contributed by atoms with van der Waals surface area (Å²) in [6.07, 6.45) is 4.94. The molecule has 0 aromatic carbocycles. The van der Waals surface area contributed by atoms with Gasteiger partial charge in [-0.2, -0.15) is 5.10 Å². The van der Waals surface area contributed by atoms with Gasteiger partial charge in [0, 0.05) is 24.5 Å². The minimum absolute atomic E-state index is 0.0324. The molecule has 1 aliphatic rings. The number of hydrogen-bond donors (Lipinski definition) is 1. The number of anilines is 1. The number of nitrogens with zero attached hydrogens (tertiary/aromatic N) is 3. The van der Waals surface area contributed by atoms with Gasteiger partial charge in [0.05, 0.1) is 17.6 Å². The summed E-state index contributed by atoms with van der Waals surface area (Å²) in [5, 5.41) is 9.48. The number of rotatable bonds is 4. The number of aryl methyl sites for hydroxylation is 1. The van der Waals surface area contributed by atoms with Gasteiger partial charge < -0.3 is 10.2 Å². The molecule has 0 spiro atoms. The average Bonchev–Trinajstić information content (AvgIpc) is 3.12. The number of unbranched alkanes of at least 4 members (excludes halogenated alkanes) is 1. The van der Waals surface area contributed by atoms with Crippen LogP contribution in [0.3, 0.4) is 0 Å². The smallest absolute Gasteiger partial charge is 0.320 e.